The van der Waals surface area contributed by atoms with Crippen molar-refractivity contribution in [1.82, 2.24) is 0 Å². The van der Waals surface area contributed by atoms with Crippen molar-refractivity contribution in [2.45, 2.75) is 50.6 Å². The van der Waals surface area contributed by atoms with Gasteiger partial charge < -0.3 is 0 Å². The molecule has 1 aliphatic rings. The van der Waals surface area contributed by atoms with Crippen LogP contribution in [0.1, 0.15) is 45.1 Å². The van der Waals surface area contributed by atoms with Crippen molar-refractivity contribution in [3.63, 3.8) is 0 Å². The number of rotatable bonds is 2. The minimum atomic E-state index is -1.37. The monoisotopic (exact) mass is 224 g/mol. The highest BCUT2D eigenvalue weighted by Gasteiger charge is 2.49. The molecular weight excluding hydrogens is 206 g/mol. The molecule has 0 nitrogen and oxygen atoms in total. The smallest absolute Gasteiger partial charge is 0.127 e. The zero-order chi connectivity index (χ0) is 11.8. The second-order valence-corrected chi connectivity index (χ2v) is 5.24. The van der Waals surface area contributed by atoms with Crippen LogP contribution in [0.3, 0.4) is 0 Å². The summed E-state index contributed by atoms with van der Waals surface area (Å²) < 4.78 is 28.3. The Kier molecular flexibility index (Phi) is 2.77. The molecule has 0 aliphatic heterocycles. The quantitative estimate of drug-likeness (QED) is 0.699. The molecule has 16 heavy (non-hydrogen) atoms. The first-order valence-electron chi connectivity index (χ1n) is 5.91. The molecule has 0 heterocycles. The lowest BCUT2D eigenvalue weighted by atomic mass is 9.68. The topological polar surface area (TPSA) is 0 Å². The molecule has 1 aromatic rings. The lowest BCUT2D eigenvalue weighted by Gasteiger charge is -2.39. The molecule has 0 spiro atoms. The summed E-state index contributed by atoms with van der Waals surface area (Å²) in [6.45, 7) is 3.15. The summed E-state index contributed by atoms with van der Waals surface area (Å²) >= 11 is 0. The van der Waals surface area contributed by atoms with Crippen molar-refractivity contribution in [2.24, 2.45) is 0 Å². The molecule has 88 valence electrons. The van der Waals surface area contributed by atoms with E-state index < -0.39 is 11.1 Å². The SMILES string of the molecule is CC(C)(F)C1(c2ccccc2F)CCCC1. The van der Waals surface area contributed by atoms with E-state index in [1.54, 1.807) is 32.0 Å². The number of alkyl halides is 1. The van der Waals surface area contributed by atoms with Gasteiger partial charge in [0.05, 0.1) is 0 Å². The Balaban J connectivity index is 2.53. The predicted octanol–water partition coefficient (Wildman–Crippen LogP) is 4.39. The molecule has 0 aromatic heterocycles. The van der Waals surface area contributed by atoms with Crippen LogP contribution in [0.2, 0.25) is 0 Å². The minimum Gasteiger partial charge on any atom is -0.244 e. The van der Waals surface area contributed by atoms with E-state index in [2.05, 4.69) is 0 Å². The summed E-state index contributed by atoms with van der Waals surface area (Å²) in [6.07, 6.45) is 3.47. The van der Waals surface area contributed by atoms with Gasteiger partial charge in [-0.25, -0.2) is 8.78 Å². The second kappa shape index (κ2) is 3.83. The maximum atomic E-state index is 14.4. The highest BCUT2D eigenvalue weighted by Crippen LogP contribution is 2.50. The first-order chi connectivity index (χ1) is 7.47. The summed E-state index contributed by atoms with van der Waals surface area (Å²) in [5.74, 6) is -0.268. The lowest BCUT2D eigenvalue weighted by molar-refractivity contribution is 0.0888. The van der Waals surface area contributed by atoms with E-state index >= 15 is 0 Å². The number of benzene rings is 1. The van der Waals surface area contributed by atoms with E-state index in [0.29, 0.717) is 5.56 Å². The first-order valence-corrected chi connectivity index (χ1v) is 5.91. The zero-order valence-corrected chi connectivity index (χ0v) is 9.89. The molecule has 1 aromatic carbocycles. The van der Waals surface area contributed by atoms with E-state index in [-0.39, 0.29) is 5.82 Å². The van der Waals surface area contributed by atoms with Crippen LogP contribution in [0.25, 0.3) is 0 Å². The third kappa shape index (κ3) is 1.64. The van der Waals surface area contributed by atoms with Gasteiger partial charge in [-0.05, 0) is 38.3 Å². The Morgan fingerprint density at radius 3 is 2.19 bits per heavy atom. The zero-order valence-electron chi connectivity index (χ0n) is 9.89. The molecule has 0 N–H and O–H groups in total. The van der Waals surface area contributed by atoms with Gasteiger partial charge in [0.25, 0.3) is 0 Å². The van der Waals surface area contributed by atoms with E-state index in [4.69, 9.17) is 0 Å². The van der Waals surface area contributed by atoms with Crippen LogP contribution in [-0.4, -0.2) is 5.67 Å². The van der Waals surface area contributed by atoms with Gasteiger partial charge >= 0.3 is 0 Å². The maximum absolute atomic E-state index is 14.4. The second-order valence-electron chi connectivity index (χ2n) is 5.24. The van der Waals surface area contributed by atoms with E-state index in [9.17, 15) is 8.78 Å². The van der Waals surface area contributed by atoms with Crippen LogP contribution in [-0.2, 0) is 5.41 Å². The van der Waals surface area contributed by atoms with Crippen molar-refractivity contribution in [3.8, 4) is 0 Å². The largest absolute Gasteiger partial charge is 0.244 e. The minimum absolute atomic E-state index is 0.268. The fourth-order valence-electron chi connectivity index (χ4n) is 3.01. The maximum Gasteiger partial charge on any atom is 0.127 e. The van der Waals surface area contributed by atoms with E-state index in [1.807, 2.05) is 0 Å². The van der Waals surface area contributed by atoms with Crippen LogP contribution in [0.15, 0.2) is 24.3 Å². The van der Waals surface area contributed by atoms with Crippen molar-refractivity contribution >= 4 is 0 Å². The van der Waals surface area contributed by atoms with E-state index in [0.717, 1.165) is 25.7 Å². The average molecular weight is 224 g/mol. The average Bonchev–Trinajstić information content (AvgIpc) is 2.67. The standard InChI is InChI=1S/C14H18F2/c1-13(2,16)14(9-5-6-10-14)11-7-3-4-8-12(11)15/h3-4,7-8H,5-6,9-10H2,1-2H3. The molecule has 1 saturated carbocycles. The summed E-state index contributed by atoms with van der Waals surface area (Å²) in [4.78, 5) is 0. The van der Waals surface area contributed by atoms with Crippen molar-refractivity contribution in [2.75, 3.05) is 0 Å². The Bertz CT molecular complexity index is 371. The highest BCUT2D eigenvalue weighted by atomic mass is 19.1. The summed E-state index contributed by atoms with van der Waals surface area (Å²) in [7, 11) is 0. The molecular formula is C14H18F2. The Morgan fingerprint density at radius 2 is 1.69 bits per heavy atom. The van der Waals surface area contributed by atoms with Gasteiger partial charge in [-0.2, -0.15) is 0 Å². The van der Waals surface area contributed by atoms with Crippen molar-refractivity contribution in [1.29, 1.82) is 0 Å². The number of halogens is 2. The summed E-state index contributed by atoms with van der Waals surface area (Å²) in [6, 6.07) is 6.63. The normalized spacial score (nSPS) is 20.0. The van der Waals surface area contributed by atoms with Crippen LogP contribution in [0, 0.1) is 5.82 Å². The van der Waals surface area contributed by atoms with Gasteiger partial charge in [0.1, 0.15) is 11.5 Å². The number of hydrogen-bond donors (Lipinski definition) is 0. The third-order valence-corrected chi connectivity index (χ3v) is 3.98. The molecule has 0 radical (unpaired) electrons. The van der Waals surface area contributed by atoms with E-state index in [1.165, 1.54) is 6.07 Å². The molecule has 0 atom stereocenters. The van der Waals surface area contributed by atoms with Crippen LogP contribution < -0.4 is 0 Å². The predicted molar refractivity (Wildman–Crippen MR) is 61.7 cm³/mol. The molecule has 0 saturated heterocycles. The summed E-state index contributed by atoms with van der Waals surface area (Å²) in [5, 5.41) is 0. The molecule has 1 aliphatic carbocycles. The Morgan fingerprint density at radius 1 is 1.12 bits per heavy atom. The third-order valence-electron chi connectivity index (χ3n) is 3.98. The Labute approximate surface area is 95.7 Å². The van der Waals surface area contributed by atoms with Gasteiger partial charge in [-0.1, -0.05) is 31.0 Å². The Hall–Kier alpha value is -0.920. The van der Waals surface area contributed by atoms with Gasteiger partial charge in [0.15, 0.2) is 0 Å². The highest BCUT2D eigenvalue weighted by molar-refractivity contribution is 5.31. The number of hydrogen-bond acceptors (Lipinski definition) is 0. The molecule has 0 amide bonds. The van der Waals surface area contributed by atoms with Crippen molar-refractivity contribution in [3.05, 3.63) is 35.6 Å². The van der Waals surface area contributed by atoms with Crippen molar-refractivity contribution < 1.29 is 8.78 Å². The lowest BCUT2D eigenvalue weighted by Crippen LogP contribution is -2.42. The van der Waals surface area contributed by atoms with Gasteiger partial charge in [-0.3, -0.25) is 0 Å². The van der Waals surface area contributed by atoms with Gasteiger partial charge in [0, 0.05) is 5.41 Å². The fraction of sp³-hybridized carbons (Fsp3) is 0.571. The molecule has 0 bridgehead atoms. The summed E-state index contributed by atoms with van der Waals surface area (Å²) in [5.41, 5.74) is -1.44. The van der Waals surface area contributed by atoms with Crippen LogP contribution in [0.5, 0.6) is 0 Å². The molecule has 2 rings (SSSR count). The first kappa shape index (κ1) is 11.6. The van der Waals surface area contributed by atoms with Crippen LogP contribution >= 0.6 is 0 Å². The molecule has 2 heteroatoms. The van der Waals surface area contributed by atoms with Crippen LogP contribution in [0.4, 0.5) is 8.78 Å². The molecule has 1 fully saturated rings. The van der Waals surface area contributed by atoms with Gasteiger partial charge in [-0.15, -0.1) is 0 Å². The molecule has 0 unspecified atom stereocenters. The fourth-order valence-corrected chi connectivity index (χ4v) is 3.01. The van der Waals surface area contributed by atoms with Gasteiger partial charge in [0.2, 0.25) is 0 Å².